The van der Waals surface area contributed by atoms with Crippen LogP contribution < -0.4 is 10.1 Å². The first-order valence-electron chi connectivity index (χ1n) is 6.92. The second-order valence-electron chi connectivity index (χ2n) is 4.84. The van der Waals surface area contributed by atoms with Gasteiger partial charge < -0.3 is 10.1 Å². The highest BCUT2D eigenvalue weighted by molar-refractivity contribution is 9.10. The van der Waals surface area contributed by atoms with E-state index in [1.54, 1.807) is 0 Å². The fourth-order valence-corrected chi connectivity index (χ4v) is 2.24. The van der Waals surface area contributed by atoms with Gasteiger partial charge in [0.15, 0.2) is 0 Å². The van der Waals surface area contributed by atoms with Gasteiger partial charge in [-0.25, -0.2) is 0 Å². The first-order chi connectivity index (χ1) is 9.69. The maximum atomic E-state index is 5.99. The van der Waals surface area contributed by atoms with Gasteiger partial charge >= 0.3 is 0 Å². The summed E-state index contributed by atoms with van der Waals surface area (Å²) in [6, 6.07) is 14.2. The average molecular weight is 334 g/mol. The Balaban J connectivity index is 2.15. The molecule has 0 saturated carbocycles. The van der Waals surface area contributed by atoms with E-state index in [1.807, 2.05) is 30.3 Å². The lowest BCUT2D eigenvalue weighted by Gasteiger charge is -2.13. The van der Waals surface area contributed by atoms with Crippen molar-refractivity contribution in [2.24, 2.45) is 0 Å². The fraction of sp³-hybridized carbons (Fsp3) is 0.294. The third-order valence-electron chi connectivity index (χ3n) is 3.00. The van der Waals surface area contributed by atoms with E-state index in [2.05, 4.69) is 47.2 Å². The summed E-state index contributed by atoms with van der Waals surface area (Å²) in [7, 11) is 0. The van der Waals surface area contributed by atoms with Crippen molar-refractivity contribution >= 4 is 15.9 Å². The Morgan fingerprint density at radius 3 is 2.55 bits per heavy atom. The Morgan fingerprint density at radius 2 is 1.85 bits per heavy atom. The molecule has 0 aliphatic heterocycles. The molecule has 0 unspecified atom stereocenters. The first kappa shape index (κ1) is 15.1. The van der Waals surface area contributed by atoms with Crippen LogP contribution in [-0.2, 0) is 6.54 Å². The summed E-state index contributed by atoms with van der Waals surface area (Å²) < 4.78 is 7.04. The number of ether oxygens (including phenoxy) is 1. The van der Waals surface area contributed by atoms with Crippen LogP contribution in [0.2, 0.25) is 0 Å². The highest BCUT2D eigenvalue weighted by atomic mass is 79.9. The Morgan fingerprint density at radius 1 is 1.10 bits per heavy atom. The monoisotopic (exact) mass is 333 g/mol. The van der Waals surface area contributed by atoms with Crippen LogP contribution in [0.4, 0.5) is 0 Å². The topological polar surface area (TPSA) is 21.3 Å². The zero-order valence-electron chi connectivity index (χ0n) is 11.9. The molecule has 0 amide bonds. The van der Waals surface area contributed by atoms with Gasteiger partial charge in [-0.1, -0.05) is 40.5 Å². The smallest absolute Gasteiger partial charge is 0.131 e. The van der Waals surface area contributed by atoms with Crippen LogP contribution in [0, 0.1) is 6.92 Å². The van der Waals surface area contributed by atoms with Crippen molar-refractivity contribution in [1.82, 2.24) is 5.32 Å². The zero-order chi connectivity index (χ0) is 14.4. The number of halogens is 1. The molecule has 106 valence electrons. The molecule has 2 nitrogen and oxygen atoms in total. The maximum absolute atomic E-state index is 5.99. The Labute approximate surface area is 129 Å². The van der Waals surface area contributed by atoms with Crippen molar-refractivity contribution in [3.8, 4) is 11.5 Å². The van der Waals surface area contributed by atoms with Crippen molar-refractivity contribution in [3.63, 3.8) is 0 Å². The largest absolute Gasteiger partial charge is 0.457 e. The van der Waals surface area contributed by atoms with Gasteiger partial charge in [-0.05, 0) is 50.2 Å². The van der Waals surface area contributed by atoms with Crippen LogP contribution in [0.5, 0.6) is 11.5 Å². The molecule has 2 aromatic rings. The summed E-state index contributed by atoms with van der Waals surface area (Å²) in [6.07, 6.45) is 1.13. The second-order valence-corrected chi connectivity index (χ2v) is 5.76. The van der Waals surface area contributed by atoms with Crippen LogP contribution in [0.1, 0.15) is 24.5 Å². The van der Waals surface area contributed by atoms with Crippen molar-refractivity contribution in [2.75, 3.05) is 6.54 Å². The van der Waals surface area contributed by atoms with Crippen molar-refractivity contribution in [1.29, 1.82) is 0 Å². The molecular weight excluding hydrogens is 314 g/mol. The molecule has 0 aliphatic rings. The lowest BCUT2D eigenvalue weighted by atomic mass is 10.1. The van der Waals surface area contributed by atoms with Crippen molar-refractivity contribution < 1.29 is 4.74 Å². The lowest BCUT2D eigenvalue weighted by molar-refractivity contribution is 0.472. The number of nitrogens with one attached hydrogen (secondary N) is 1. The Bertz CT molecular complexity index is 551. The number of hydrogen-bond acceptors (Lipinski definition) is 2. The van der Waals surface area contributed by atoms with Gasteiger partial charge in [0.1, 0.15) is 11.5 Å². The van der Waals surface area contributed by atoms with Crippen LogP contribution in [-0.4, -0.2) is 6.54 Å². The molecule has 0 spiro atoms. The number of benzene rings is 2. The second kappa shape index (κ2) is 7.46. The summed E-state index contributed by atoms with van der Waals surface area (Å²) in [4.78, 5) is 0. The minimum absolute atomic E-state index is 0.835. The summed E-state index contributed by atoms with van der Waals surface area (Å²) in [5, 5.41) is 3.43. The van der Waals surface area contributed by atoms with E-state index < -0.39 is 0 Å². The molecule has 3 heteroatoms. The molecule has 20 heavy (non-hydrogen) atoms. The molecule has 2 rings (SSSR count). The van der Waals surface area contributed by atoms with E-state index in [0.29, 0.717) is 0 Å². The summed E-state index contributed by atoms with van der Waals surface area (Å²) in [5.41, 5.74) is 2.45. The van der Waals surface area contributed by atoms with Gasteiger partial charge in [0, 0.05) is 16.6 Å². The molecule has 1 N–H and O–H groups in total. The summed E-state index contributed by atoms with van der Waals surface area (Å²) in [5.74, 6) is 1.77. The molecular formula is C17H20BrNO. The van der Waals surface area contributed by atoms with E-state index >= 15 is 0 Å². The third-order valence-corrected chi connectivity index (χ3v) is 3.53. The van der Waals surface area contributed by atoms with Crippen LogP contribution in [0.25, 0.3) is 0 Å². The third kappa shape index (κ3) is 4.36. The standard InChI is InChI=1S/C17H20BrNO/c1-3-10-19-12-14-11-13(2)4-9-17(14)20-16-7-5-15(18)6-8-16/h4-9,11,19H,3,10,12H2,1-2H3. The van der Waals surface area contributed by atoms with E-state index in [9.17, 15) is 0 Å². The molecule has 0 heterocycles. The molecule has 0 radical (unpaired) electrons. The van der Waals surface area contributed by atoms with Gasteiger partial charge in [0.2, 0.25) is 0 Å². The number of hydrogen-bond donors (Lipinski definition) is 1. The van der Waals surface area contributed by atoms with Gasteiger partial charge in [0.05, 0.1) is 0 Å². The van der Waals surface area contributed by atoms with Crippen LogP contribution in [0.3, 0.4) is 0 Å². The van der Waals surface area contributed by atoms with Gasteiger partial charge in [0.25, 0.3) is 0 Å². The van der Waals surface area contributed by atoms with E-state index in [-0.39, 0.29) is 0 Å². The maximum Gasteiger partial charge on any atom is 0.131 e. The molecule has 0 atom stereocenters. The molecule has 0 saturated heterocycles. The van der Waals surface area contributed by atoms with Gasteiger partial charge in [-0.3, -0.25) is 0 Å². The van der Waals surface area contributed by atoms with E-state index in [1.165, 1.54) is 11.1 Å². The Hall–Kier alpha value is -1.32. The molecule has 0 aromatic heterocycles. The quantitative estimate of drug-likeness (QED) is 0.747. The summed E-state index contributed by atoms with van der Waals surface area (Å²) in [6.45, 7) is 6.13. The summed E-state index contributed by atoms with van der Waals surface area (Å²) >= 11 is 3.43. The average Bonchev–Trinajstić information content (AvgIpc) is 2.44. The SMILES string of the molecule is CCCNCc1cc(C)ccc1Oc1ccc(Br)cc1. The number of aryl methyl sites for hydroxylation is 1. The molecule has 0 aliphatic carbocycles. The predicted molar refractivity (Wildman–Crippen MR) is 87.4 cm³/mol. The number of rotatable bonds is 6. The van der Waals surface area contributed by atoms with E-state index in [4.69, 9.17) is 4.74 Å². The minimum Gasteiger partial charge on any atom is -0.457 e. The van der Waals surface area contributed by atoms with Crippen LogP contribution in [0.15, 0.2) is 46.9 Å². The highest BCUT2D eigenvalue weighted by Crippen LogP contribution is 2.27. The van der Waals surface area contributed by atoms with Crippen molar-refractivity contribution in [3.05, 3.63) is 58.1 Å². The minimum atomic E-state index is 0.835. The van der Waals surface area contributed by atoms with Crippen molar-refractivity contribution in [2.45, 2.75) is 26.8 Å². The van der Waals surface area contributed by atoms with E-state index in [0.717, 1.165) is 35.5 Å². The molecule has 0 fully saturated rings. The fourth-order valence-electron chi connectivity index (χ4n) is 1.98. The van der Waals surface area contributed by atoms with Gasteiger partial charge in [-0.15, -0.1) is 0 Å². The van der Waals surface area contributed by atoms with Gasteiger partial charge in [-0.2, -0.15) is 0 Å². The molecule has 0 bridgehead atoms. The molecule has 2 aromatic carbocycles. The normalized spacial score (nSPS) is 10.6. The zero-order valence-corrected chi connectivity index (χ0v) is 13.5. The highest BCUT2D eigenvalue weighted by Gasteiger charge is 2.05. The Kier molecular flexibility index (Phi) is 5.62. The predicted octanol–water partition coefficient (Wildman–Crippen LogP) is 5.05. The first-order valence-corrected chi connectivity index (χ1v) is 7.72. The van der Waals surface area contributed by atoms with Crippen LogP contribution >= 0.6 is 15.9 Å². The lowest BCUT2D eigenvalue weighted by Crippen LogP contribution is -2.14.